The molecule has 0 saturated carbocycles. The van der Waals surface area contributed by atoms with Gasteiger partial charge in [0.05, 0.1) is 18.8 Å². The van der Waals surface area contributed by atoms with E-state index in [1.54, 1.807) is 7.11 Å². The van der Waals surface area contributed by atoms with E-state index in [0.717, 1.165) is 22.3 Å². The van der Waals surface area contributed by atoms with E-state index in [9.17, 15) is 4.79 Å². The van der Waals surface area contributed by atoms with Gasteiger partial charge in [-0.3, -0.25) is 10.1 Å². The zero-order chi connectivity index (χ0) is 23.0. The van der Waals surface area contributed by atoms with E-state index in [2.05, 4.69) is 34.9 Å². The summed E-state index contributed by atoms with van der Waals surface area (Å²) < 4.78 is 5.47. The van der Waals surface area contributed by atoms with Gasteiger partial charge in [-0.05, 0) is 41.3 Å². The molecule has 4 heteroatoms. The number of hydrogen-bond acceptors (Lipinski definition) is 3. The first kappa shape index (κ1) is 22.3. The second-order valence-electron chi connectivity index (χ2n) is 7.96. The van der Waals surface area contributed by atoms with Gasteiger partial charge in [-0.2, -0.15) is 0 Å². The van der Waals surface area contributed by atoms with Crippen molar-refractivity contribution in [2.24, 2.45) is 0 Å². The van der Waals surface area contributed by atoms with E-state index in [0.29, 0.717) is 11.4 Å². The SMILES string of the molecule is COc1ccc(C)cc1NC(=O)C(NC(c1ccccc1)c1ccccc1)c1ccccc1. The molecule has 4 aromatic rings. The molecule has 2 N–H and O–H groups in total. The van der Waals surface area contributed by atoms with Crippen molar-refractivity contribution in [1.29, 1.82) is 0 Å². The Morgan fingerprint density at radius 2 is 1.24 bits per heavy atom. The fourth-order valence-corrected chi connectivity index (χ4v) is 3.94. The number of carbonyl (C=O) groups is 1. The van der Waals surface area contributed by atoms with E-state index < -0.39 is 6.04 Å². The number of benzene rings is 4. The Bertz CT molecular complexity index is 1140. The fourth-order valence-electron chi connectivity index (χ4n) is 3.94. The smallest absolute Gasteiger partial charge is 0.246 e. The molecule has 4 aromatic carbocycles. The Morgan fingerprint density at radius 1 is 0.727 bits per heavy atom. The zero-order valence-electron chi connectivity index (χ0n) is 18.9. The zero-order valence-corrected chi connectivity index (χ0v) is 18.9. The molecule has 0 aliphatic heterocycles. The number of nitrogens with one attached hydrogen (secondary N) is 2. The van der Waals surface area contributed by atoms with Gasteiger partial charge in [-0.25, -0.2) is 0 Å². The van der Waals surface area contributed by atoms with E-state index in [-0.39, 0.29) is 11.9 Å². The minimum Gasteiger partial charge on any atom is -0.495 e. The Kier molecular flexibility index (Phi) is 7.18. The van der Waals surface area contributed by atoms with Crippen LogP contribution in [0, 0.1) is 6.92 Å². The summed E-state index contributed by atoms with van der Waals surface area (Å²) in [5, 5.41) is 6.70. The third-order valence-electron chi connectivity index (χ3n) is 5.61. The van der Waals surface area contributed by atoms with E-state index >= 15 is 0 Å². The van der Waals surface area contributed by atoms with Crippen molar-refractivity contribution in [3.05, 3.63) is 131 Å². The number of aryl methyl sites for hydroxylation is 1. The number of carbonyl (C=O) groups excluding carboxylic acids is 1. The van der Waals surface area contributed by atoms with Crippen molar-refractivity contribution < 1.29 is 9.53 Å². The van der Waals surface area contributed by atoms with E-state index in [1.807, 2.05) is 91.9 Å². The summed E-state index contributed by atoms with van der Waals surface area (Å²) in [6.45, 7) is 1.99. The lowest BCUT2D eigenvalue weighted by molar-refractivity contribution is -0.118. The molecule has 0 fully saturated rings. The molecule has 166 valence electrons. The summed E-state index contributed by atoms with van der Waals surface area (Å²) in [7, 11) is 1.61. The summed E-state index contributed by atoms with van der Waals surface area (Å²) in [5.74, 6) is 0.477. The number of hydrogen-bond donors (Lipinski definition) is 2. The van der Waals surface area contributed by atoms with Gasteiger partial charge < -0.3 is 10.1 Å². The highest BCUT2D eigenvalue weighted by atomic mass is 16.5. The number of methoxy groups -OCH3 is 1. The van der Waals surface area contributed by atoms with Crippen molar-refractivity contribution >= 4 is 11.6 Å². The molecule has 1 atom stereocenters. The van der Waals surface area contributed by atoms with Crippen LogP contribution in [0.3, 0.4) is 0 Å². The molecule has 1 unspecified atom stereocenters. The Balaban J connectivity index is 1.71. The summed E-state index contributed by atoms with van der Waals surface area (Å²) in [6, 6.07) is 35.2. The average Bonchev–Trinajstić information content (AvgIpc) is 2.86. The van der Waals surface area contributed by atoms with Gasteiger partial charge in [0.2, 0.25) is 5.91 Å². The van der Waals surface area contributed by atoms with E-state index in [1.165, 1.54) is 0 Å². The summed E-state index contributed by atoms with van der Waals surface area (Å²) in [6.07, 6.45) is 0. The molecule has 0 aliphatic rings. The molecule has 4 nitrogen and oxygen atoms in total. The monoisotopic (exact) mass is 436 g/mol. The van der Waals surface area contributed by atoms with Gasteiger partial charge in [0.1, 0.15) is 11.8 Å². The third kappa shape index (κ3) is 5.48. The average molecular weight is 437 g/mol. The Hall–Kier alpha value is -3.89. The first-order valence-electron chi connectivity index (χ1n) is 11.0. The topological polar surface area (TPSA) is 50.4 Å². The lowest BCUT2D eigenvalue weighted by Crippen LogP contribution is -2.36. The summed E-state index contributed by atoms with van der Waals surface area (Å²) in [5.41, 5.74) is 4.76. The summed E-state index contributed by atoms with van der Waals surface area (Å²) in [4.78, 5) is 13.7. The van der Waals surface area contributed by atoms with Crippen molar-refractivity contribution in [3.63, 3.8) is 0 Å². The molecule has 4 rings (SSSR count). The molecule has 0 spiro atoms. The standard InChI is InChI=1S/C29H28N2O2/c1-21-18-19-26(33-2)25(20-21)30-29(32)28(24-16-10-5-11-17-24)31-27(22-12-6-3-7-13-22)23-14-8-4-9-15-23/h3-20,27-28,31H,1-2H3,(H,30,32). The molecule has 0 radical (unpaired) electrons. The maximum Gasteiger partial charge on any atom is 0.246 e. The van der Waals surface area contributed by atoms with Crippen LogP contribution in [-0.4, -0.2) is 13.0 Å². The van der Waals surface area contributed by atoms with Crippen LogP contribution in [0.5, 0.6) is 5.75 Å². The van der Waals surface area contributed by atoms with E-state index in [4.69, 9.17) is 4.74 Å². The molecule has 0 aliphatic carbocycles. The van der Waals surface area contributed by atoms with Gasteiger partial charge in [0, 0.05) is 0 Å². The molecule has 33 heavy (non-hydrogen) atoms. The second kappa shape index (κ2) is 10.6. The summed E-state index contributed by atoms with van der Waals surface area (Å²) >= 11 is 0. The number of amides is 1. The highest BCUT2D eigenvalue weighted by molar-refractivity contribution is 5.97. The highest BCUT2D eigenvalue weighted by Crippen LogP contribution is 2.29. The first-order valence-corrected chi connectivity index (χ1v) is 11.0. The fraction of sp³-hybridized carbons (Fsp3) is 0.138. The molecule has 0 bridgehead atoms. The van der Waals surface area contributed by atoms with Crippen LogP contribution >= 0.6 is 0 Å². The van der Waals surface area contributed by atoms with Crippen molar-refractivity contribution in [3.8, 4) is 5.75 Å². The lowest BCUT2D eigenvalue weighted by Gasteiger charge is -2.27. The normalized spacial score (nSPS) is 11.7. The number of ether oxygens (including phenoxy) is 1. The molecular formula is C29H28N2O2. The quantitative estimate of drug-likeness (QED) is 0.353. The Labute approximate surface area is 195 Å². The molecular weight excluding hydrogens is 408 g/mol. The minimum atomic E-state index is -0.582. The molecule has 0 aromatic heterocycles. The molecule has 0 saturated heterocycles. The van der Waals surface area contributed by atoms with Crippen molar-refractivity contribution in [2.45, 2.75) is 19.0 Å². The van der Waals surface area contributed by atoms with Crippen molar-refractivity contribution in [2.75, 3.05) is 12.4 Å². The number of anilines is 1. The molecule has 1 amide bonds. The van der Waals surface area contributed by atoms with Gasteiger partial charge in [-0.1, -0.05) is 97.1 Å². The maximum atomic E-state index is 13.7. The van der Waals surface area contributed by atoms with Gasteiger partial charge in [0.15, 0.2) is 0 Å². The Morgan fingerprint density at radius 3 is 1.76 bits per heavy atom. The number of rotatable bonds is 8. The van der Waals surface area contributed by atoms with Crippen LogP contribution < -0.4 is 15.4 Å². The second-order valence-corrected chi connectivity index (χ2v) is 7.96. The van der Waals surface area contributed by atoms with Gasteiger partial charge >= 0.3 is 0 Å². The van der Waals surface area contributed by atoms with Crippen LogP contribution in [0.1, 0.15) is 34.3 Å². The van der Waals surface area contributed by atoms with Crippen molar-refractivity contribution in [1.82, 2.24) is 5.32 Å². The van der Waals surface area contributed by atoms with Crippen LogP contribution in [0.2, 0.25) is 0 Å². The highest BCUT2D eigenvalue weighted by Gasteiger charge is 2.26. The maximum absolute atomic E-state index is 13.7. The minimum absolute atomic E-state index is 0.151. The van der Waals surface area contributed by atoms with Crippen LogP contribution in [0.25, 0.3) is 0 Å². The third-order valence-corrected chi connectivity index (χ3v) is 5.61. The van der Waals surface area contributed by atoms with Crippen LogP contribution in [0.4, 0.5) is 5.69 Å². The lowest BCUT2D eigenvalue weighted by atomic mass is 9.96. The van der Waals surface area contributed by atoms with Crippen LogP contribution in [-0.2, 0) is 4.79 Å². The van der Waals surface area contributed by atoms with Crippen LogP contribution in [0.15, 0.2) is 109 Å². The largest absolute Gasteiger partial charge is 0.495 e. The molecule has 0 heterocycles. The van der Waals surface area contributed by atoms with Gasteiger partial charge in [-0.15, -0.1) is 0 Å². The first-order chi connectivity index (χ1) is 16.2. The van der Waals surface area contributed by atoms with Gasteiger partial charge in [0.25, 0.3) is 0 Å². The predicted molar refractivity (Wildman–Crippen MR) is 133 cm³/mol. The predicted octanol–water partition coefficient (Wildman–Crippen LogP) is 6.06.